The molecule has 0 fully saturated rings. The normalized spacial score (nSPS) is 9.36. The van der Waals surface area contributed by atoms with Gasteiger partial charge in [0.2, 0.25) is 0 Å². The van der Waals surface area contributed by atoms with Crippen molar-refractivity contribution in [1.82, 2.24) is 0 Å². The Balaban J connectivity index is 3.02. The Morgan fingerprint density at radius 1 is 1.27 bits per heavy atom. The minimum Gasteiger partial charge on any atom is -0.376 e. The van der Waals surface area contributed by atoms with Gasteiger partial charge in [-0.05, 0) is 12.1 Å². The lowest BCUT2D eigenvalue weighted by atomic mass is 10.2. The number of hydrogen-bond acceptors (Lipinski definition) is 3. The van der Waals surface area contributed by atoms with Gasteiger partial charge in [-0.2, -0.15) is 0 Å². The first-order valence-corrected chi connectivity index (χ1v) is 3.48. The zero-order chi connectivity index (χ0) is 8.27. The lowest BCUT2D eigenvalue weighted by Gasteiger charge is -2.16. The molecule has 0 radical (unpaired) electrons. The fourth-order valence-corrected chi connectivity index (χ4v) is 0.986. The van der Waals surface area contributed by atoms with Gasteiger partial charge in [0.15, 0.2) is 0 Å². The largest absolute Gasteiger partial charge is 0.376 e. The van der Waals surface area contributed by atoms with Crippen molar-refractivity contribution >= 4 is 11.4 Å². The lowest BCUT2D eigenvalue weighted by molar-refractivity contribution is 1.13. The number of hydrazine groups is 1. The fraction of sp³-hybridized carbons (Fsp3) is 0.250. The molecule has 0 aromatic heterocycles. The maximum absolute atomic E-state index is 5.31. The SMILES string of the molecule is CN(C)c1ccccc1NN. The molecule has 3 N–H and O–H groups in total. The summed E-state index contributed by atoms with van der Waals surface area (Å²) in [7, 11) is 3.96. The molecule has 0 spiro atoms. The van der Waals surface area contributed by atoms with Crippen molar-refractivity contribution in [3.8, 4) is 0 Å². The molecule has 1 aromatic carbocycles. The average Bonchev–Trinajstić information content (AvgIpc) is 2.04. The van der Waals surface area contributed by atoms with Crippen LogP contribution in [0.2, 0.25) is 0 Å². The minimum atomic E-state index is 0.942. The van der Waals surface area contributed by atoms with Crippen LogP contribution in [-0.2, 0) is 0 Å². The van der Waals surface area contributed by atoms with Gasteiger partial charge in [0, 0.05) is 14.1 Å². The van der Waals surface area contributed by atoms with Crippen LogP contribution in [0, 0.1) is 0 Å². The first-order valence-electron chi connectivity index (χ1n) is 3.48. The van der Waals surface area contributed by atoms with E-state index >= 15 is 0 Å². The van der Waals surface area contributed by atoms with Crippen molar-refractivity contribution in [2.24, 2.45) is 5.84 Å². The molecular weight excluding hydrogens is 138 g/mol. The van der Waals surface area contributed by atoms with Gasteiger partial charge in [-0.1, -0.05) is 12.1 Å². The number of nitrogens with zero attached hydrogens (tertiary/aromatic N) is 1. The molecule has 3 heteroatoms. The van der Waals surface area contributed by atoms with Gasteiger partial charge in [0.25, 0.3) is 0 Å². The third kappa shape index (κ3) is 1.62. The number of anilines is 2. The molecule has 0 atom stereocenters. The molecule has 0 saturated heterocycles. The summed E-state index contributed by atoms with van der Waals surface area (Å²) in [4.78, 5) is 2.01. The van der Waals surface area contributed by atoms with Gasteiger partial charge < -0.3 is 10.3 Å². The zero-order valence-electron chi connectivity index (χ0n) is 6.83. The van der Waals surface area contributed by atoms with E-state index < -0.39 is 0 Å². The van der Waals surface area contributed by atoms with E-state index in [1.165, 1.54) is 0 Å². The van der Waals surface area contributed by atoms with E-state index in [-0.39, 0.29) is 0 Å². The zero-order valence-corrected chi connectivity index (χ0v) is 6.83. The van der Waals surface area contributed by atoms with Crippen LogP contribution in [0.15, 0.2) is 24.3 Å². The number of hydrogen-bond donors (Lipinski definition) is 2. The van der Waals surface area contributed by atoms with Crippen LogP contribution in [-0.4, -0.2) is 14.1 Å². The second-order valence-electron chi connectivity index (χ2n) is 2.56. The smallest absolute Gasteiger partial charge is 0.0719 e. The van der Waals surface area contributed by atoms with E-state index in [2.05, 4.69) is 5.43 Å². The number of rotatable bonds is 2. The number of nitrogens with two attached hydrogens (primary N) is 1. The van der Waals surface area contributed by atoms with E-state index in [0.717, 1.165) is 11.4 Å². The molecule has 0 aliphatic heterocycles. The van der Waals surface area contributed by atoms with Gasteiger partial charge in [0.1, 0.15) is 0 Å². The Morgan fingerprint density at radius 2 is 1.91 bits per heavy atom. The highest BCUT2D eigenvalue weighted by molar-refractivity contribution is 5.68. The van der Waals surface area contributed by atoms with E-state index in [1.807, 2.05) is 43.3 Å². The van der Waals surface area contributed by atoms with Crippen LogP contribution in [0.5, 0.6) is 0 Å². The van der Waals surface area contributed by atoms with Crippen molar-refractivity contribution in [1.29, 1.82) is 0 Å². The van der Waals surface area contributed by atoms with Crippen LogP contribution in [0.25, 0.3) is 0 Å². The number of benzene rings is 1. The first-order chi connectivity index (χ1) is 5.25. The monoisotopic (exact) mass is 151 g/mol. The Bertz CT molecular complexity index is 233. The third-order valence-corrected chi connectivity index (χ3v) is 1.54. The summed E-state index contributed by atoms with van der Waals surface area (Å²) in [5.41, 5.74) is 4.67. The molecule has 0 aliphatic carbocycles. The molecule has 0 saturated carbocycles. The Morgan fingerprint density at radius 3 is 2.36 bits per heavy atom. The quantitative estimate of drug-likeness (QED) is 0.490. The van der Waals surface area contributed by atoms with Gasteiger partial charge in [0.05, 0.1) is 11.4 Å². The van der Waals surface area contributed by atoms with Crippen LogP contribution >= 0.6 is 0 Å². The Hall–Kier alpha value is -1.22. The Kier molecular flexibility index (Phi) is 2.33. The molecule has 1 aromatic rings. The first kappa shape index (κ1) is 7.88. The predicted molar refractivity (Wildman–Crippen MR) is 48.6 cm³/mol. The van der Waals surface area contributed by atoms with E-state index in [1.54, 1.807) is 0 Å². The van der Waals surface area contributed by atoms with Crippen LogP contribution in [0.3, 0.4) is 0 Å². The molecular formula is C8H13N3. The molecule has 0 unspecified atom stereocenters. The van der Waals surface area contributed by atoms with E-state index in [9.17, 15) is 0 Å². The number of nitrogens with one attached hydrogen (secondary N) is 1. The molecule has 0 amide bonds. The van der Waals surface area contributed by atoms with E-state index in [4.69, 9.17) is 5.84 Å². The summed E-state index contributed by atoms with van der Waals surface area (Å²) in [5, 5.41) is 0. The molecule has 60 valence electrons. The maximum Gasteiger partial charge on any atom is 0.0719 e. The van der Waals surface area contributed by atoms with Crippen molar-refractivity contribution < 1.29 is 0 Å². The van der Waals surface area contributed by atoms with Gasteiger partial charge in [-0.3, -0.25) is 5.84 Å². The second-order valence-corrected chi connectivity index (χ2v) is 2.56. The van der Waals surface area contributed by atoms with Crippen LogP contribution < -0.4 is 16.2 Å². The summed E-state index contributed by atoms with van der Waals surface area (Å²) < 4.78 is 0. The van der Waals surface area contributed by atoms with E-state index in [0.29, 0.717) is 0 Å². The molecule has 0 heterocycles. The van der Waals surface area contributed by atoms with Gasteiger partial charge in [-0.25, -0.2) is 0 Å². The molecule has 11 heavy (non-hydrogen) atoms. The summed E-state index contributed by atoms with van der Waals surface area (Å²) in [6.07, 6.45) is 0. The highest BCUT2D eigenvalue weighted by atomic mass is 15.2. The molecule has 0 aliphatic rings. The van der Waals surface area contributed by atoms with Gasteiger partial charge >= 0.3 is 0 Å². The standard InChI is InChI=1S/C8H13N3/c1-11(2)8-6-4-3-5-7(8)10-9/h3-6,10H,9H2,1-2H3. The second kappa shape index (κ2) is 3.25. The molecule has 1 rings (SSSR count). The summed E-state index contributed by atoms with van der Waals surface area (Å²) in [6.45, 7) is 0. The average molecular weight is 151 g/mol. The highest BCUT2D eigenvalue weighted by Gasteiger charge is 1.99. The van der Waals surface area contributed by atoms with Crippen molar-refractivity contribution in [3.63, 3.8) is 0 Å². The summed E-state index contributed by atoms with van der Waals surface area (Å²) in [5.74, 6) is 5.31. The Labute approximate surface area is 66.8 Å². The predicted octanol–water partition coefficient (Wildman–Crippen LogP) is 1.04. The number of nitrogen functional groups attached to an aromatic ring is 1. The van der Waals surface area contributed by atoms with Gasteiger partial charge in [-0.15, -0.1) is 0 Å². The lowest BCUT2D eigenvalue weighted by Crippen LogP contribution is -2.14. The topological polar surface area (TPSA) is 41.3 Å². The summed E-state index contributed by atoms with van der Waals surface area (Å²) >= 11 is 0. The van der Waals surface area contributed by atoms with Crippen molar-refractivity contribution in [2.75, 3.05) is 24.4 Å². The number of para-hydroxylation sites is 2. The highest BCUT2D eigenvalue weighted by Crippen LogP contribution is 2.21. The molecule has 3 nitrogen and oxygen atoms in total. The third-order valence-electron chi connectivity index (χ3n) is 1.54. The summed E-state index contributed by atoms with van der Waals surface area (Å²) in [6, 6.07) is 7.88. The van der Waals surface area contributed by atoms with Crippen molar-refractivity contribution in [3.05, 3.63) is 24.3 Å². The maximum atomic E-state index is 5.31. The van der Waals surface area contributed by atoms with Crippen LogP contribution in [0.4, 0.5) is 11.4 Å². The fourth-order valence-electron chi connectivity index (χ4n) is 0.986. The minimum absolute atomic E-state index is 0.942. The van der Waals surface area contributed by atoms with Crippen molar-refractivity contribution in [2.45, 2.75) is 0 Å². The van der Waals surface area contributed by atoms with Crippen LogP contribution in [0.1, 0.15) is 0 Å². The molecule has 0 bridgehead atoms.